The van der Waals surface area contributed by atoms with Crippen LogP contribution in [-0.2, 0) is 0 Å². The lowest BCUT2D eigenvalue weighted by Crippen LogP contribution is -2.53. The van der Waals surface area contributed by atoms with E-state index in [1.807, 2.05) is 18.7 Å². The maximum Gasteiger partial charge on any atom is 0.265 e. The van der Waals surface area contributed by atoms with Crippen LogP contribution in [-0.4, -0.2) is 57.9 Å². The third-order valence-electron chi connectivity index (χ3n) is 3.39. The monoisotopic (exact) mass is 298 g/mol. The topological polar surface area (TPSA) is 62.5 Å². The summed E-state index contributed by atoms with van der Waals surface area (Å²) in [5.41, 5.74) is 5.66. The fourth-order valence-corrected chi connectivity index (χ4v) is 3.00. The van der Waals surface area contributed by atoms with Crippen LogP contribution in [0.25, 0.3) is 0 Å². The van der Waals surface area contributed by atoms with Gasteiger partial charge in [0.2, 0.25) is 0 Å². The van der Waals surface area contributed by atoms with Gasteiger partial charge < -0.3 is 10.6 Å². The Bertz CT molecular complexity index is 480. The van der Waals surface area contributed by atoms with Crippen molar-refractivity contribution in [2.24, 2.45) is 5.73 Å². The van der Waals surface area contributed by atoms with Crippen LogP contribution in [0.4, 0.5) is 0 Å². The summed E-state index contributed by atoms with van der Waals surface area (Å²) in [6.45, 7) is 6.95. The van der Waals surface area contributed by atoms with Crippen LogP contribution in [0.2, 0.25) is 0 Å². The Morgan fingerprint density at radius 3 is 2.58 bits per heavy atom. The number of aryl methyl sites for hydroxylation is 1. The smallest absolute Gasteiger partial charge is 0.265 e. The second-order valence-corrected chi connectivity index (χ2v) is 6.36. The molecule has 1 unspecified atom stereocenters. The fourth-order valence-electron chi connectivity index (χ4n) is 2.11. The van der Waals surface area contributed by atoms with Gasteiger partial charge in [-0.25, -0.2) is 4.98 Å². The molecule has 2 N–H and O–H groups in total. The number of aromatic nitrogens is 1. The van der Waals surface area contributed by atoms with Crippen LogP contribution in [0, 0.1) is 6.92 Å². The predicted molar refractivity (Wildman–Crippen MR) is 80.6 cm³/mol. The zero-order valence-electron chi connectivity index (χ0n) is 11.1. The largest absolute Gasteiger partial charge is 0.392 e. The molecule has 1 fully saturated rings. The molecule has 0 radical (unpaired) electrons. The molecular formula is C12H18N4OS2. The van der Waals surface area contributed by atoms with E-state index in [2.05, 4.69) is 9.88 Å². The normalized spacial score (nSPS) is 18.3. The van der Waals surface area contributed by atoms with Gasteiger partial charge in [-0.1, -0.05) is 12.2 Å². The van der Waals surface area contributed by atoms with E-state index in [1.54, 1.807) is 6.20 Å². The highest BCUT2D eigenvalue weighted by Gasteiger charge is 2.26. The second kappa shape index (κ2) is 5.94. The molecular weight excluding hydrogens is 280 g/mol. The van der Waals surface area contributed by atoms with E-state index in [0.717, 1.165) is 18.1 Å². The first-order chi connectivity index (χ1) is 8.99. The van der Waals surface area contributed by atoms with Crippen LogP contribution in [0.5, 0.6) is 0 Å². The summed E-state index contributed by atoms with van der Waals surface area (Å²) >= 11 is 6.45. The van der Waals surface area contributed by atoms with Gasteiger partial charge in [-0.2, -0.15) is 0 Å². The summed E-state index contributed by atoms with van der Waals surface area (Å²) in [6, 6.07) is 0.0953. The van der Waals surface area contributed by atoms with Crippen molar-refractivity contribution in [3.8, 4) is 0 Å². The van der Waals surface area contributed by atoms with Crippen LogP contribution >= 0.6 is 23.6 Å². The van der Waals surface area contributed by atoms with E-state index in [-0.39, 0.29) is 11.9 Å². The number of rotatable bonds is 3. The third-order valence-corrected chi connectivity index (χ3v) is 4.63. The number of hydrogen-bond donors (Lipinski definition) is 1. The van der Waals surface area contributed by atoms with Gasteiger partial charge in [0.25, 0.3) is 5.91 Å². The Labute approximate surface area is 122 Å². The molecule has 7 heteroatoms. The summed E-state index contributed by atoms with van der Waals surface area (Å²) in [6.07, 6.45) is 1.66. The first kappa shape index (κ1) is 14.4. The molecule has 2 rings (SSSR count). The average molecular weight is 298 g/mol. The van der Waals surface area contributed by atoms with Crippen LogP contribution < -0.4 is 5.73 Å². The lowest BCUT2D eigenvalue weighted by atomic mass is 10.2. The lowest BCUT2D eigenvalue weighted by molar-refractivity contribution is 0.0626. The Morgan fingerprint density at radius 1 is 1.47 bits per heavy atom. The van der Waals surface area contributed by atoms with Gasteiger partial charge in [0.05, 0.1) is 22.2 Å². The lowest BCUT2D eigenvalue weighted by Gasteiger charge is -2.37. The van der Waals surface area contributed by atoms with Gasteiger partial charge in [-0.05, 0) is 13.8 Å². The van der Waals surface area contributed by atoms with Crippen molar-refractivity contribution in [2.75, 3.05) is 26.2 Å². The van der Waals surface area contributed by atoms with Crippen LogP contribution in [0.15, 0.2) is 6.20 Å². The summed E-state index contributed by atoms with van der Waals surface area (Å²) < 4.78 is 0. The molecule has 1 amide bonds. The van der Waals surface area contributed by atoms with Gasteiger partial charge in [0.1, 0.15) is 4.88 Å². The Hall–Kier alpha value is -1.05. The van der Waals surface area contributed by atoms with Gasteiger partial charge in [0.15, 0.2) is 0 Å². The van der Waals surface area contributed by atoms with E-state index >= 15 is 0 Å². The van der Waals surface area contributed by atoms with Crippen molar-refractivity contribution in [3.63, 3.8) is 0 Å². The van der Waals surface area contributed by atoms with Crippen molar-refractivity contribution in [2.45, 2.75) is 19.9 Å². The maximum atomic E-state index is 12.3. The fraction of sp³-hybridized carbons (Fsp3) is 0.583. The zero-order valence-corrected chi connectivity index (χ0v) is 12.8. The molecule has 1 aliphatic rings. The van der Waals surface area contributed by atoms with Crippen LogP contribution in [0.3, 0.4) is 0 Å². The predicted octanol–water partition coefficient (Wildman–Crippen LogP) is 0.884. The van der Waals surface area contributed by atoms with E-state index in [9.17, 15) is 4.79 Å². The Balaban J connectivity index is 1.93. The molecule has 2 heterocycles. The maximum absolute atomic E-state index is 12.3. The molecule has 1 atom stereocenters. The molecule has 0 spiro atoms. The Morgan fingerprint density at radius 2 is 2.11 bits per heavy atom. The van der Waals surface area contributed by atoms with Crippen molar-refractivity contribution in [1.29, 1.82) is 0 Å². The highest BCUT2D eigenvalue weighted by atomic mass is 32.1. The number of thiocarbonyl (C=S) groups is 1. The highest BCUT2D eigenvalue weighted by molar-refractivity contribution is 7.80. The van der Waals surface area contributed by atoms with E-state index < -0.39 is 0 Å². The minimum Gasteiger partial charge on any atom is -0.392 e. The van der Waals surface area contributed by atoms with Crippen molar-refractivity contribution in [3.05, 3.63) is 16.1 Å². The SMILES string of the molecule is Cc1ncc(C(=O)N2CCN(C(C)C(N)=S)CC2)s1. The molecule has 1 aromatic rings. The summed E-state index contributed by atoms with van der Waals surface area (Å²) in [5, 5.41) is 0.920. The molecule has 19 heavy (non-hydrogen) atoms. The molecule has 104 valence electrons. The number of piperazine rings is 1. The van der Waals surface area contributed by atoms with E-state index in [1.165, 1.54) is 11.3 Å². The van der Waals surface area contributed by atoms with Crippen molar-refractivity contribution >= 4 is 34.5 Å². The van der Waals surface area contributed by atoms with Crippen molar-refractivity contribution in [1.82, 2.24) is 14.8 Å². The number of hydrogen-bond acceptors (Lipinski definition) is 5. The Kier molecular flexibility index (Phi) is 4.49. The van der Waals surface area contributed by atoms with Gasteiger partial charge >= 0.3 is 0 Å². The molecule has 1 aliphatic heterocycles. The van der Waals surface area contributed by atoms with E-state index in [4.69, 9.17) is 18.0 Å². The molecule has 1 aromatic heterocycles. The molecule has 5 nitrogen and oxygen atoms in total. The minimum absolute atomic E-state index is 0.0771. The molecule has 0 aliphatic carbocycles. The van der Waals surface area contributed by atoms with Gasteiger partial charge in [-0.3, -0.25) is 9.69 Å². The molecule has 0 saturated carbocycles. The number of carbonyl (C=O) groups is 1. The average Bonchev–Trinajstić information content (AvgIpc) is 2.84. The summed E-state index contributed by atoms with van der Waals surface area (Å²) in [5.74, 6) is 0.0771. The van der Waals surface area contributed by atoms with Gasteiger partial charge in [-0.15, -0.1) is 11.3 Å². The number of nitrogens with zero attached hydrogens (tertiary/aromatic N) is 3. The van der Waals surface area contributed by atoms with Crippen molar-refractivity contribution < 1.29 is 4.79 Å². The van der Waals surface area contributed by atoms with Gasteiger partial charge in [0, 0.05) is 26.2 Å². The number of carbonyl (C=O) groups excluding carboxylic acids is 1. The number of nitrogens with two attached hydrogens (primary N) is 1. The zero-order chi connectivity index (χ0) is 14.0. The quantitative estimate of drug-likeness (QED) is 0.840. The highest BCUT2D eigenvalue weighted by Crippen LogP contribution is 2.16. The number of thiazole rings is 1. The second-order valence-electron chi connectivity index (χ2n) is 4.65. The third kappa shape index (κ3) is 3.29. The van der Waals surface area contributed by atoms with E-state index in [0.29, 0.717) is 23.0 Å². The standard InChI is InChI=1S/C12H18N4OS2/c1-8(11(13)18)15-3-5-16(6-4-15)12(17)10-7-14-9(2)19-10/h7-8H,3-6H2,1-2H3,(H2,13,18). The van der Waals surface area contributed by atoms with Crippen LogP contribution in [0.1, 0.15) is 21.6 Å². The first-order valence-electron chi connectivity index (χ1n) is 6.24. The molecule has 0 aromatic carbocycles. The molecule has 0 bridgehead atoms. The summed E-state index contributed by atoms with van der Waals surface area (Å²) in [7, 11) is 0. The number of amides is 1. The molecule has 1 saturated heterocycles. The minimum atomic E-state index is 0.0771. The first-order valence-corrected chi connectivity index (χ1v) is 7.46. The summed E-state index contributed by atoms with van der Waals surface area (Å²) in [4.78, 5) is 21.7.